The number of aryl methyl sites for hydroxylation is 1. The van der Waals surface area contributed by atoms with E-state index in [0.717, 1.165) is 24.7 Å². The van der Waals surface area contributed by atoms with Crippen molar-refractivity contribution in [2.75, 3.05) is 19.1 Å². The second kappa shape index (κ2) is 10.4. The van der Waals surface area contributed by atoms with Gasteiger partial charge in [-0.1, -0.05) is 6.07 Å². The molecule has 0 spiro atoms. The van der Waals surface area contributed by atoms with Gasteiger partial charge in [0.2, 0.25) is 17.7 Å². The number of benzene rings is 1. The zero-order valence-electron chi connectivity index (χ0n) is 23.5. The molecule has 0 N–H and O–H groups in total. The molecule has 220 valence electrons. The highest BCUT2D eigenvalue weighted by Gasteiger charge is 2.36. The molecule has 1 aliphatic heterocycles. The Labute approximate surface area is 239 Å². The fraction of sp³-hybridized carbons (Fsp3) is 0.429. The van der Waals surface area contributed by atoms with Crippen molar-refractivity contribution in [3.8, 4) is 34.4 Å². The largest absolute Gasteiger partial charge is 0.496 e. The topological polar surface area (TPSA) is 113 Å². The molecule has 1 saturated carbocycles. The van der Waals surface area contributed by atoms with Crippen LogP contribution in [-0.2, 0) is 24.1 Å². The van der Waals surface area contributed by atoms with E-state index in [0.29, 0.717) is 52.6 Å². The zero-order valence-corrected chi connectivity index (χ0v) is 23.5. The first-order valence-electron chi connectivity index (χ1n) is 13.6. The van der Waals surface area contributed by atoms with Crippen molar-refractivity contribution in [3.63, 3.8) is 0 Å². The number of anilines is 1. The van der Waals surface area contributed by atoms with Gasteiger partial charge in [0.05, 0.1) is 38.6 Å². The molecule has 1 aromatic carbocycles. The lowest BCUT2D eigenvalue weighted by Crippen LogP contribution is -2.37. The highest BCUT2D eigenvalue weighted by Crippen LogP contribution is 2.45. The van der Waals surface area contributed by atoms with Crippen LogP contribution >= 0.6 is 0 Å². The van der Waals surface area contributed by atoms with Gasteiger partial charge in [-0.25, -0.2) is 19.6 Å². The van der Waals surface area contributed by atoms with Crippen molar-refractivity contribution >= 4 is 11.9 Å². The van der Waals surface area contributed by atoms with Crippen LogP contribution in [0.1, 0.15) is 62.0 Å². The van der Waals surface area contributed by atoms with Crippen LogP contribution in [0, 0.1) is 0 Å². The Kier molecular flexibility index (Phi) is 6.86. The number of carbonyl (C=O) groups is 1. The smallest absolute Gasteiger partial charge is 0.434 e. The summed E-state index contributed by atoms with van der Waals surface area (Å²) in [5.41, 5.74) is 1.58. The number of fused-ring (bicyclic) bond motifs is 1. The summed E-state index contributed by atoms with van der Waals surface area (Å²) >= 11 is 0. The molecule has 6 rings (SSSR count). The average molecular weight is 583 g/mol. The maximum Gasteiger partial charge on any atom is 0.434 e. The average Bonchev–Trinajstić information content (AvgIpc) is 3.55. The van der Waals surface area contributed by atoms with Crippen molar-refractivity contribution in [1.29, 1.82) is 0 Å². The van der Waals surface area contributed by atoms with Crippen LogP contribution in [-0.4, -0.2) is 54.4 Å². The molecule has 2 aliphatic rings. The van der Waals surface area contributed by atoms with E-state index in [4.69, 9.17) is 14.5 Å². The third kappa shape index (κ3) is 4.94. The Bertz CT molecular complexity index is 1660. The van der Waals surface area contributed by atoms with E-state index in [2.05, 4.69) is 20.1 Å². The van der Waals surface area contributed by atoms with Crippen LogP contribution in [0.2, 0.25) is 0 Å². The third-order valence-electron chi connectivity index (χ3n) is 7.38. The standard InChI is InChI=1S/C28H29F3N8O3/c1-15(2)37-13-20(28(29,30)31)34-25(37)18-8-5-16(11-19(18)41-3)12-38-21(40)9-10-39-27(38)35-24(36-39)22-23(17-6-7-17)32-14-33-26(22)42-4/h5,8,11,13-15,17H,6-7,9-10,12H2,1-4H3. The van der Waals surface area contributed by atoms with Gasteiger partial charge in [0.15, 0.2) is 11.5 Å². The molecule has 3 aromatic heterocycles. The molecule has 0 bridgehead atoms. The number of hydrogen-bond acceptors (Lipinski definition) is 8. The van der Waals surface area contributed by atoms with E-state index < -0.39 is 11.9 Å². The Morgan fingerprint density at radius 3 is 2.55 bits per heavy atom. The van der Waals surface area contributed by atoms with Crippen LogP contribution in [0.5, 0.6) is 11.6 Å². The molecular weight excluding hydrogens is 553 g/mol. The fourth-order valence-electron chi connectivity index (χ4n) is 5.13. The van der Waals surface area contributed by atoms with Crippen LogP contribution < -0.4 is 14.4 Å². The van der Waals surface area contributed by atoms with Crippen LogP contribution in [0.4, 0.5) is 19.1 Å². The molecular formula is C28H29F3N8O3. The van der Waals surface area contributed by atoms with Crippen LogP contribution in [0.25, 0.3) is 22.8 Å². The summed E-state index contributed by atoms with van der Waals surface area (Å²) < 4.78 is 54.7. The van der Waals surface area contributed by atoms with Gasteiger partial charge < -0.3 is 14.0 Å². The van der Waals surface area contributed by atoms with Crippen molar-refractivity contribution in [3.05, 3.63) is 47.7 Å². The van der Waals surface area contributed by atoms with Gasteiger partial charge in [0.1, 0.15) is 23.5 Å². The molecule has 14 heteroatoms. The minimum absolute atomic E-state index is 0.131. The van der Waals surface area contributed by atoms with E-state index in [-0.39, 0.29) is 30.7 Å². The number of rotatable bonds is 8. The molecule has 4 aromatic rings. The van der Waals surface area contributed by atoms with Crippen molar-refractivity contribution in [1.82, 2.24) is 34.3 Å². The lowest BCUT2D eigenvalue weighted by Gasteiger charge is -2.26. The quantitative estimate of drug-likeness (QED) is 0.284. The maximum atomic E-state index is 13.5. The number of aromatic nitrogens is 7. The molecule has 0 saturated heterocycles. The van der Waals surface area contributed by atoms with E-state index in [9.17, 15) is 18.0 Å². The second-order valence-corrected chi connectivity index (χ2v) is 10.6. The van der Waals surface area contributed by atoms with E-state index in [1.54, 1.807) is 41.6 Å². The van der Waals surface area contributed by atoms with Crippen molar-refractivity contribution in [2.45, 2.75) is 64.3 Å². The fourth-order valence-corrected chi connectivity index (χ4v) is 5.13. The van der Waals surface area contributed by atoms with Gasteiger partial charge >= 0.3 is 6.18 Å². The minimum atomic E-state index is -4.58. The monoisotopic (exact) mass is 582 g/mol. The van der Waals surface area contributed by atoms with Gasteiger partial charge in [0.25, 0.3) is 0 Å². The first-order chi connectivity index (χ1) is 20.1. The summed E-state index contributed by atoms with van der Waals surface area (Å²) in [7, 11) is 2.97. The predicted molar refractivity (Wildman–Crippen MR) is 145 cm³/mol. The lowest BCUT2D eigenvalue weighted by molar-refractivity contribution is -0.141. The molecule has 1 fully saturated rings. The van der Waals surface area contributed by atoms with Gasteiger partial charge in [0, 0.05) is 24.6 Å². The van der Waals surface area contributed by atoms with Gasteiger partial charge in [-0.2, -0.15) is 18.2 Å². The first-order valence-corrected chi connectivity index (χ1v) is 13.6. The number of carbonyl (C=O) groups excluding carboxylic acids is 1. The van der Waals surface area contributed by atoms with Gasteiger partial charge in [-0.15, -0.1) is 5.10 Å². The number of amides is 1. The predicted octanol–water partition coefficient (Wildman–Crippen LogP) is 5.03. The van der Waals surface area contributed by atoms with E-state index in [1.807, 2.05) is 0 Å². The molecule has 1 aliphatic carbocycles. The number of nitrogens with zero attached hydrogens (tertiary/aromatic N) is 8. The summed E-state index contributed by atoms with van der Waals surface area (Å²) in [4.78, 5) is 32.0. The number of ether oxygens (including phenoxy) is 2. The molecule has 0 atom stereocenters. The van der Waals surface area contributed by atoms with Crippen molar-refractivity contribution in [2.24, 2.45) is 0 Å². The summed E-state index contributed by atoms with van der Waals surface area (Å²) in [6.07, 6.45) is 0.147. The highest BCUT2D eigenvalue weighted by atomic mass is 19.4. The summed E-state index contributed by atoms with van der Waals surface area (Å²) in [5, 5.41) is 4.69. The highest BCUT2D eigenvalue weighted by molar-refractivity contribution is 5.93. The molecule has 4 heterocycles. The molecule has 1 amide bonds. The third-order valence-corrected chi connectivity index (χ3v) is 7.38. The molecule has 0 radical (unpaired) electrons. The van der Waals surface area contributed by atoms with Gasteiger partial charge in [-0.3, -0.25) is 9.69 Å². The Balaban J connectivity index is 1.35. The minimum Gasteiger partial charge on any atom is -0.496 e. The number of methoxy groups -OCH3 is 2. The lowest BCUT2D eigenvalue weighted by atomic mass is 10.1. The number of imidazole rings is 1. The first kappa shape index (κ1) is 27.7. The molecule has 11 nitrogen and oxygen atoms in total. The number of hydrogen-bond donors (Lipinski definition) is 0. The second-order valence-electron chi connectivity index (χ2n) is 10.6. The normalized spacial score (nSPS) is 15.3. The Morgan fingerprint density at radius 2 is 1.88 bits per heavy atom. The molecule has 42 heavy (non-hydrogen) atoms. The molecule has 0 unspecified atom stereocenters. The van der Waals surface area contributed by atoms with E-state index in [1.165, 1.54) is 25.1 Å². The van der Waals surface area contributed by atoms with Crippen molar-refractivity contribution < 1.29 is 27.4 Å². The Hall–Kier alpha value is -4.49. The Morgan fingerprint density at radius 1 is 1.10 bits per heavy atom. The maximum absolute atomic E-state index is 13.5. The number of halogens is 3. The van der Waals surface area contributed by atoms with Crippen LogP contribution in [0.15, 0.2) is 30.7 Å². The van der Waals surface area contributed by atoms with E-state index >= 15 is 0 Å². The van der Waals surface area contributed by atoms with Gasteiger partial charge in [-0.05, 0) is 44.4 Å². The summed E-state index contributed by atoms with van der Waals surface area (Å²) in [6.45, 7) is 4.08. The SMILES string of the molecule is COc1cc(CN2C(=O)CCn3nc(-c4c(OC)ncnc4C4CC4)nc32)ccc1-c1nc(C(F)(F)F)cn1C(C)C. The summed E-state index contributed by atoms with van der Waals surface area (Å²) in [6, 6.07) is 4.83. The number of alkyl halides is 3. The van der Waals surface area contributed by atoms with Crippen LogP contribution in [0.3, 0.4) is 0 Å². The zero-order chi connectivity index (χ0) is 29.8. The summed E-state index contributed by atoms with van der Waals surface area (Å²) in [5.74, 6) is 1.78.